The third-order valence-electron chi connectivity index (χ3n) is 14.0. The van der Waals surface area contributed by atoms with E-state index in [0.717, 1.165) is 116 Å². The molecule has 8 atom stereocenters. The van der Waals surface area contributed by atoms with Crippen molar-refractivity contribution in [2.24, 2.45) is 0 Å². The maximum absolute atomic E-state index is 13.4. The van der Waals surface area contributed by atoms with Crippen LogP contribution in [0.2, 0.25) is 0 Å². The van der Waals surface area contributed by atoms with Gasteiger partial charge in [-0.25, -0.2) is 0 Å². The number of carbonyl (C=O) groups excluding carboxylic acids is 2. The van der Waals surface area contributed by atoms with Crippen LogP contribution in [0.5, 0.6) is 0 Å². The van der Waals surface area contributed by atoms with Crippen molar-refractivity contribution in [1.82, 2.24) is 5.32 Å². The number of hydrogen-bond acceptors (Lipinski definition) is 10. The van der Waals surface area contributed by atoms with Gasteiger partial charge in [0.25, 0.3) is 0 Å². The Morgan fingerprint density at radius 3 is 1.53 bits per heavy atom. The van der Waals surface area contributed by atoms with E-state index in [9.17, 15) is 35.1 Å². The number of unbranched alkanes of at least 4 members (excludes halogenated alkanes) is 25. The molecule has 0 radical (unpaired) electrons. The van der Waals surface area contributed by atoms with Gasteiger partial charge in [-0.05, 0) is 89.9 Å². The molecule has 11 heteroatoms. The van der Waals surface area contributed by atoms with Crippen molar-refractivity contribution in [3.63, 3.8) is 0 Å². The number of ether oxygens (including phenoxy) is 3. The van der Waals surface area contributed by atoms with Crippen LogP contribution < -0.4 is 5.32 Å². The van der Waals surface area contributed by atoms with Crippen LogP contribution >= 0.6 is 0 Å². The third kappa shape index (κ3) is 41.3. The molecule has 0 aromatic heterocycles. The summed E-state index contributed by atoms with van der Waals surface area (Å²) >= 11 is 0. The number of aliphatic hydroxyl groups is 5. The van der Waals surface area contributed by atoms with Crippen LogP contribution in [0, 0.1) is 0 Å². The molecule has 1 fully saturated rings. The summed E-state index contributed by atoms with van der Waals surface area (Å²) in [6, 6.07) is -1.04. The van der Waals surface area contributed by atoms with E-state index in [1.165, 1.54) is 83.5 Å². The van der Waals surface area contributed by atoms with Crippen LogP contribution in [-0.4, -0.2) is 99.6 Å². The monoisotopic (exact) mass is 1080 g/mol. The largest absolute Gasteiger partial charge is 0.454 e. The van der Waals surface area contributed by atoms with Gasteiger partial charge in [0.1, 0.15) is 24.4 Å². The van der Waals surface area contributed by atoms with Crippen molar-refractivity contribution in [1.29, 1.82) is 0 Å². The molecule has 1 amide bonds. The molecule has 0 bridgehead atoms. The topological polar surface area (TPSA) is 175 Å². The van der Waals surface area contributed by atoms with Crippen LogP contribution in [0.25, 0.3) is 0 Å². The Bertz CT molecular complexity index is 1620. The maximum Gasteiger partial charge on any atom is 0.306 e. The number of hydrogen-bond donors (Lipinski definition) is 6. The van der Waals surface area contributed by atoms with E-state index in [4.69, 9.17) is 14.2 Å². The first-order valence-electron chi connectivity index (χ1n) is 31.0. The summed E-state index contributed by atoms with van der Waals surface area (Å²) in [7, 11) is 0. The average molecular weight is 1080 g/mol. The minimum absolute atomic E-state index is 0.103. The second kappa shape index (κ2) is 53.2. The second-order valence-corrected chi connectivity index (χ2v) is 21.1. The van der Waals surface area contributed by atoms with Crippen molar-refractivity contribution in [2.75, 3.05) is 13.2 Å². The predicted octanol–water partition coefficient (Wildman–Crippen LogP) is 14.7. The van der Waals surface area contributed by atoms with E-state index >= 15 is 0 Å². The van der Waals surface area contributed by atoms with Crippen LogP contribution in [0.4, 0.5) is 0 Å². The quantitative estimate of drug-likeness (QED) is 0.0149. The molecule has 1 saturated heterocycles. The molecule has 1 aliphatic heterocycles. The van der Waals surface area contributed by atoms with Gasteiger partial charge in [0.15, 0.2) is 12.4 Å². The van der Waals surface area contributed by atoms with E-state index in [1.54, 1.807) is 6.08 Å². The molecule has 0 aromatic carbocycles. The van der Waals surface area contributed by atoms with Gasteiger partial charge >= 0.3 is 5.97 Å². The fourth-order valence-corrected chi connectivity index (χ4v) is 9.10. The lowest BCUT2D eigenvalue weighted by Gasteiger charge is -2.41. The van der Waals surface area contributed by atoms with Crippen molar-refractivity contribution < 1.29 is 49.3 Å². The van der Waals surface area contributed by atoms with E-state index < -0.39 is 67.4 Å². The van der Waals surface area contributed by atoms with Gasteiger partial charge in [-0.2, -0.15) is 0 Å². The molecule has 0 spiro atoms. The standard InChI is InChI=1S/C66H113NO10/c1-4-7-10-13-16-19-22-25-27-28-29-30-31-33-35-38-41-44-47-50-53-59(70)65(74)67-57(58(69)52-49-46-43-40-37-34-24-21-18-15-12-9-6-3)56-75-66-64(63(73)62(72)60(55-68)76-66)77-61(71)54-51-48-45-42-39-36-32-26-23-20-17-14-11-8-5-2/h8,11,14,16-17,19-20,23,25,27,29-30,33,35,49,52,57-60,62-64,66,68-70,72-73H,4-7,9-10,12-13,15,18,21-22,24,26,28,31-32,34,36-48,50-51,53-56H2,1-3H3,(H,67,74)/b11-8+,17-14+,19-16-,23-20+,27-25-,30-29-,35-33-,52-49+. The zero-order valence-electron chi connectivity index (χ0n) is 48.8. The van der Waals surface area contributed by atoms with Crippen molar-refractivity contribution in [2.45, 2.75) is 294 Å². The summed E-state index contributed by atoms with van der Waals surface area (Å²) in [4.78, 5) is 26.5. The SMILES string of the molecule is CC/C=C/C=C/C=C/CCCCCCCCCC(=O)OC1C(OCC(NC(=O)C(O)CCCCCC/C=C\C/C=C\C/C=C\C/C=C\CCCCC)C(O)/C=C/CCCCCCCCCCCCC)OC(CO)C(O)C1O. The molecule has 0 aromatic rings. The summed E-state index contributed by atoms with van der Waals surface area (Å²) in [6.45, 7) is 5.61. The summed E-state index contributed by atoms with van der Waals surface area (Å²) in [5, 5.41) is 57.0. The Morgan fingerprint density at radius 2 is 0.987 bits per heavy atom. The van der Waals surface area contributed by atoms with Crippen molar-refractivity contribution in [3.05, 3.63) is 97.2 Å². The van der Waals surface area contributed by atoms with Crippen LogP contribution in [0.15, 0.2) is 97.2 Å². The Labute approximate surface area is 469 Å². The van der Waals surface area contributed by atoms with E-state index in [-0.39, 0.29) is 19.4 Å². The minimum atomic E-state index is -1.63. The van der Waals surface area contributed by atoms with Crippen molar-refractivity contribution in [3.8, 4) is 0 Å². The number of nitrogens with one attached hydrogen (secondary N) is 1. The lowest BCUT2D eigenvalue weighted by atomic mass is 9.99. The molecular formula is C66H113NO10. The lowest BCUT2D eigenvalue weighted by molar-refractivity contribution is -0.305. The van der Waals surface area contributed by atoms with E-state index in [2.05, 4.69) is 105 Å². The van der Waals surface area contributed by atoms with Gasteiger partial charge in [-0.15, -0.1) is 0 Å². The fraction of sp³-hybridized carbons (Fsp3) is 0.727. The van der Waals surface area contributed by atoms with E-state index in [1.807, 2.05) is 12.2 Å². The Morgan fingerprint density at radius 1 is 0.532 bits per heavy atom. The van der Waals surface area contributed by atoms with Gasteiger partial charge < -0.3 is 45.1 Å². The number of rotatable bonds is 51. The number of aliphatic hydroxyl groups excluding tert-OH is 5. The molecule has 1 aliphatic rings. The lowest BCUT2D eigenvalue weighted by Crippen LogP contribution is -2.61. The molecule has 8 unspecified atom stereocenters. The third-order valence-corrected chi connectivity index (χ3v) is 14.0. The zero-order valence-corrected chi connectivity index (χ0v) is 48.8. The molecule has 442 valence electrons. The smallest absolute Gasteiger partial charge is 0.306 e. The van der Waals surface area contributed by atoms with Crippen LogP contribution in [-0.2, 0) is 23.8 Å². The summed E-state index contributed by atoms with van der Waals surface area (Å²) in [5.74, 6) is -1.23. The zero-order chi connectivity index (χ0) is 56.1. The number of allylic oxidation sites excluding steroid dienone is 15. The summed E-state index contributed by atoms with van der Waals surface area (Å²) in [6.07, 6.45) is 60.1. The molecule has 1 rings (SSSR count). The highest BCUT2D eigenvalue weighted by Gasteiger charge is 2.47. The molecule has 1 heterocycles. The first kappa shape index (κ1) is 71.6. The Kier molecular flexibility index (Phi) is 49.5. The maximum atomic E-state index is 13.4. The summed E-state index contributed by atoms with van der Waals surface area (Å²) in [5.41, 5.74) is 0. The van der Waals surface area contributed by atoms with Crippen LogP contribution in [0.3, 0.4) is 0 Å². The highest BCUT2D eigenvalue weighted by atomic mass is 16.7. The second-order valence-electron chi connectivity index (χ2n) is 21.1. The normalized spacial score (nSPS) is 19.7. The molecule has 11 nitrogen and oxygen atoms in total. The van der Waals surface area contributed by atoms with Gasteiger partial charge in [0, 0.05) is 6.42 Å². The van der Waals surface area contributed by atoms with Gasteiger partial charge in [-0.3, -0.25) is 9.59 Å². The van der Waals surface area contributed by atoms with Crippen LogP contribution in [0.1, 0.15) is 245 Å². The highest BCUT2D eigenvalue weighted by molar-refractivity contribution is 5.80. The first-order chi connectivity index (χ1) is 37.7. The molecule has 0 saturated carbocycles. The number of esters is 1. The Balaban J connectivity index is 2.72. The fourth-order valence-electron chi connectivity index (χ4n) is 9.10. The predicted molar refractivity (Wildman–Crippen MR) is 319 cm³/mol. The van der Waals surface area contributed by atoms with Crippen molar-refractivity contribution >= 4 is 11.9 Å². The Hall–Kier alpha value is -3.42. The highest BCUT2D eigenvalue weighted by Crippen LogP contribution is 2.26. The van der Waals surface area contributed by atoms with Gasteiger partial charge in [0.05, 0.1) is 25.4 Å². The van der Waals surface area contributed by atoms with E-state index in [0.29, 0.717) is 12.8 Å². The average Bonchev–Trinajstić information content (AvgIpc) is 3.43. The minimum Gasteiger partial charge on any atom is -0.454 e. The molecular weight excluding hydrogens is 967 g/mol. The number of carbonyl (C=O) groups is 2. The first-order valence-corrected chi connectivity index (χ1v) is 31.0. The number of amides is 1. The molecule has 0 aliphatic carbocycles. The molecule has 6 N–H and O–H groups in total. The summed E-state index contributed by atoms with van der Waals surface area (Å²) < 4.78 is 17.6. The molecule has 77 heavy (non-hydrogen) atoms. The van der Waals surface area contributed by atoms with Gasteiger partial charge in [0.2, 0.25) is 5.91 Å². The van der Waals surface area contributed by atoms with Gasteiger partial charge in [-0.1, -0.05) is 246 Å².